The second-order valence-corrected chi connectivity index (χ2v) is 12.9. The van der Waals surface area contributed by atoms with Gasteiger partial charge in [-0.3, -0.25) is 19.5 Å². The molecule has 0 bridgehead atoms. The zero-order chi connectivity index (χ0) is 30.2. The largest absolute Gasteiger partial charge is 0.481 e. The smallest absolute Gasteiger partial charge is 0.318 e. The third-order valence-corrected chi connectivity index (χ3v) is 9.51. The summed E-state index contributed by atoms with van der Waals surface area (Å²) in [6, 6.07) is 2.99. The summed E-state index contributed by atoms with van der Waals surface area (Å²) < 4.78 is 27.6. The molecule has 1 fully saturated rings. The van der Waals surface area contributed by atoms with Crippen LogP contribution in [0.15, 0.2) is 22.5 Å². The summed E-state index contributed by atoms with van der Waals surface area (Å²) in [6.45, 7) is 4.11. The van der Waals surface area contributed by atoms with Crippen molar-refractivity contribution >= 4 is 45.5 Å². The van der Waals surface area contributed by atoms with Crippen LogP contribution in [-0.4, -0.2) is 67.2 Å². The first kappa shape index (κ1) is 32.3. The maximum Gasteiger partial charge on any atom is 0.318 e. The van der Waals surface area contributed by atoms with Crippen LogP contribution in [0.25, 0.3) is 6.08 Å². The van der Waals surface area contributed by atoms with E-state index in [9.17, 15) is 22.8 Å². The molecule has 3 amide bonds. The van der Waals surface area contributed by atoms with Gasteiger partial charge in [-0.15, -0.1) is 0 Å². The van der Waals surface area contributed by atoms with Crippen LogP contribution in [-0.2, 0) is 19.6 Å². The number of urea groups is 1. The van der Waals surface area contributed by atoms with Crippen molar-refractivity contribution in [2.75, 3.05) is 25.0 Å². The molecule has 1 spiro atoms. The van der Waals surface area contributed by atoms with Gasteiger partial charge in [0, 0.05) is 44.1 Å². The molecule has 1 aromatic carbocycles. The molecular formula is C29H43N5O6S. The lowest BCUT2D eigenvalue weighted by atomic mass is 9.89. The molecule has 4 N–H and O–H groups in total. The van der Waals surface area contributed by atoms with Crippen LogP contribution in [0.2, 0.25) is 0 Å². The van der Waals surface area contributed by atoms with Gasteiger partial charge in [0.2, 0.25) is 10.0 Å². The number of amides is 3. The topological polar surface area (TPSA) is 162 Å². The zero-order valence-electron chi connectivity index (χ0n) is 24.3. The average molecular weight is 590 g/mol. The highest BCUT2D eigenvalue weighted by atomic mass is 32.2. The summed E-state index contributed by atoms with van der Waals surface area (Å²) in [5.41, 5.74) is 7.49. The molecule has 0 aromatic heterocycles. The Morgan fingerprint density at radius 2 is 1.63 bits per heavy atom. The molecule has 0 unspecified atom stereocenters. The highest BCUT2D eigenvalue weighted by Gasteiger charge is 2.46. The van der Waals surface area contributed by atoms with Gasteiger partial charge < -0.3 is 16.2 Å². The van der Waals surface area contributed by atoms with Crippen LogP contribution in [0.4, 0.5) is 10.5 Å². The number of aliphatic imine (C=N–C) groups is 1. The molecule has 3 rings (SSSR count). The highest BCUT2D eigenvalue weighted by Crippen LogP contribution is 2.32. The Morgan fingerprint density at radius 3 is 2.20 bits per heavy atom. The first-order chi connectivity index (χ1) is 19.3. The molecule has 41 heavy (non-hydrogen) atoms. The fraction of sp³-hybridized carbons (Fsp3) is 0.586. The van der Waals surface area contributed by atoms with Crippen molar-refractivity contribution in [3.8, 4) is 0 Å². The molecule has 11 nitrogen and oxygen atoms in total. The number of hydrogen-bond acceptors (Lipinski definition) is 6. The van der Waals surface area contributed by atoms with Gasteiger partial charge >= 0.3 is 12.0 Å². The third kappa shape index (κ3) is 8.62. The first-order valence-corrected chi connectivity index (χ1v) is 15.8. The van der Waals surface area contributed by atoms with Gasteiger partial charge in [-0.1, -0.05) is 32.1 Å². The van der Waals surface area contributed by atoms with Crippen LogP contribution in [0.1, 0.15) is 87.3 Å². The van der Waals surface area contributed by atoms with Crippen molar-refractivity contribution in [1.29, 1.82) is 0 Å². The molecule has 0 saturated carbocycles. The normalized spacial score (nSPS) is 17.1. The summed E-state index contributed by atoms with van der Waals surface area (Å²) in [5.74, 6) is -0.207. The summed E-state index contributed by atoms with van der Waals surface area (Å²) in [5, 5.41) is 12.8. The minimum absolute atomic E-state index is 0.147. The summed E-state index contributed by atoms with van der Waals surface area (Å²) in [7, 11) is -2.13. The standard InChI is InChI=1S/C29H43N5O6S/c1-21-19-23(33(3)28(30)38)20-22(2)24(21)13-18-41(39,40)34-16-14-29(15-17-34)27(37)31-25(32-29)11-9-7-5-4-6-8-10-12-26(35)36/h13,18-20H,4-12,14-17H2,1-3H3,(H2,30,38)(H,35,36)(H,31,32,37)/b18-13+. The number of amidine groups is 1. The fourth-order valence-electron chi connectivity index (χ4n) is 5.38. The number of carbonyl (C=O) groups excluding carboxylic acids is 2. The molecule has 1 saturated heterocycles. The monoisotopic (exact) mass is 589 g/mol. The Morgan fingerprint density at radius 1 is 1.07 bits per heavy atom. The first-order valence-electron chi connectivity index (χ1n) is 14.3. The molecule has 226 valence electrons. The number of piperidine rings is 1. The van der Waals surface area contributed by atoms with Gasteiger partial charge in [-0.25, -0.2) is 13.2 Å². The number of carboxylic acids is 1. The maximum absolute atomic E-state index is 13.1. The lowest BCUT2D eigenvalue weighted by molar-refractivity contribution is -0.137. The van der Waals surface area contributed by atoms with E-state index in [-0.39, 0.29) is 25.4 Å². The van der Waals surface area contributed by atoms with E-state index >= 15 is 0 Å². The molecule has 2 aliphatic rings. The van der Waals surface area contributed by atoms with Crippen molar-refractivity contribution in [1.82, 2.24) is 9.62 Å². The van der Waals surface area contributed by atoms with E-state index in [1.807, 2.05) is 13.8 Å². The van der Waals surface area contributed by atoms with E-state index < -0.39 is 27.6 Å². The minimum atomic E-state index is -3.71. The van der Waals surface area contributed by atoms with Gasteiger partial charge in [-0.05, 0) is 74.4 Å². The van der Waals surface area contributed by atoms with Crippen LogP contribution in [0.3, 0.4) is 0 Å². The number of rotatable bonds is 14. The van der Waals surface area contributed by atoms with Crippen molar-refractivity contribution in [2.24, 2.45) is 10.7 Å². The van der Waals surface area contributed by atoms with Gasteiger partial charge in [0.05, 0.1) is 0 Å². The Labute approximate surface area is 242 Å². The molecule has 0 atom stereocenters. The number of carboxylic acid groups (broad SMARTS) is 1. The lowest BCUT2D eigenvalue weighted by Crippen LogP contribution is -2.50. The van der Waals surface area contributed by atoms with Gasteiger partial charge in [0.25, 0.3) is 5.91 Å². The molecule has 0 radical (unpaired) electrons. The number of nitrogens with one attached hydrogen (secondary N) is 1. The van der Waals surface area contributed by atoms with Gasteiger partial charge in [0.1, 0.15) is 11.4 Å². The summed E-state index contributed by atoms with van der Waals surface area (Å²) in [4.78, 5) is 40.9. The van der Waals surface area contributed by atoms with E-state index in [2.05, 4.69) is 5.32 Å². The van der Waals surface area contributed by atoms with Gasteiger partial charge in [-0.2, -0.15) is 4.31 Å². The second-order valence-electron chi connectivity index (χ2n) is 11.1. The van der Waals surface area contributed by atoms with E-state index in [1.165, 1.54) is 14.6 Å². The van der Waals surface area contributed by atoms with Crippen LogP contribution >= 0.6 is 0 Å². The van der Waals surface area contributed by atoms with E-state index in [4.69, 9.17) is 15.8 Å². The second kappa shape index (κ2) is 14.1. The number of nitrogens with two attached hydrogens (primary N) is 1. The van der Waals surface area contributed by atoms with E-state index in [0.29, 0.717) is 30.8 Å². The number of hydrogen-bond donors (Lipinski definition) is 3. The molecule has 2 aliphatic heterocycles. The molecule has 2 heterocycles. The number of aliphatic carboxylic acids is 1. The van der Waals surface area contributed by atoms with Crippen molar-refractivity contribution < 1.29 is 27.9 Å². The molecule has 1 aromatic rings. The number of primary amides is 1. The average Bonchev–Trinajstić information content (AvgIpc) is 3.20. The predicted molar refractivity (Wildman–Crippen MR) is 160 cm³/mol. The summed E-state index contributed by atoms with van der Waals surface area (Å²) in [6.07, 6.45) is 9.90. The fourth-order valence-corrected chi connectivity index (χ4v) is 6.55. The lowest BCUT2D eigenvalue weighted by Gasteiger charge is -2.34. The molecule has 12 heteroatoms. The Kier molecular flexibility index (Phi) is 11.1. The van der Waals surface area contributed by atoms with E-state index in [0.717, 1.165) is 61.6 Å². The molecular weight excluding hydrogens is 546 g/mol. The zero-order valence-corrected chi connectivity index (χ0v) is 25.1. The van der Waals surface area contributed by atoms with Crippen LogP contribution in [0.5, 0.6) is 0 Å². The number of anilines is 1. The van der Waals surface area contributed by atoms with Crippen LogP contribution < -0.4 is 16.0 Å². The van der Waals surface area contributed by atoms with Crippen molar-refractivity contribution in [3.63, 3.8) is 0 Å². The van der Waals surface area contributed by atoms with Crippen molar-refractivity contribution in [2.45, 2.75) is 90.0 Å². The van der Waals surface area contributed by atoms with Crippen LogP contribution in [0, 0.1) is 13.8 Å². The van der Waals surface area contributed by atoms with Gasteiger partial charge in [0.15, 0.2) is 0 Å². The minimum Gasteiger partial charge on any atom is -0.481 e. The maximum atomic E-state index is 13.1. The number of nitrogens with zero attached hydrogens (tertiary/aromatic N) is 3. The number of aryl methyl sites for hydroxylation is 2. The number of carbonyl (C=O) groups is 3. The number of benzene rings is 1. The third-order valence-electron chi connectivity index (χ3n) is 7.95. The Hall–Kier alpha value is -3.25. The van der Waals surface area contributed by atoms with Crippen molar-refractivity contribution in [3.05, 3.63) is 34.2 Å². The number of unbranched alkanes of at least 4 members (excludes halogenated alkanes) is 6. The quantitative estimate of drug-likeness (QED) is 0.277. The highest BCUT2D eigenvalue weighted by molar-refractivity contribution is 7.92. The van der Waals surface area contributed by atoms with E-state index in [1.54, 1.807) is 25.3 Å². The molecule has 0 aliphatic carbocycles. The Balaban J connectivity index is 1.50. The Bertz CT molecular complexity index is 1280. The number of sulfonamides is 1. The summed E-state index contributed by atoms with van der Waals surface area (Å²) >= 11 is 0. The predicted octanol–water partition coefficient (Wildman–Crippen LogP) is 4.08. The SMILES string of the molecule is Cc1cc(N(C)C(N)=O)cc(C)c1/C=C/S(=O)(=O)N1CCC2(CC1)N=C(CCCCCCCCCC(=O)O)NC2=O.